The van der Waals surface area contributed by atoms with E-state index in [1.54, 1.807) is 23.2 Å². The van der Waals surface area contributed by atoms with E-state index in [9.17, 15) is 0 Å². The summed E-state index contributed by atoms with van der Waals surface area (Å²) in [6, 6.07) is 11.9. The zero-order valence-electron chi connectivity index (χ0n) is 13.6. The first-order valence-electron chi connectivity index (χ1n) is 7.83. The lowest BCUT2D eigenvalue weighted by molar-refractivity contribution is 0.573. The van der Waals surface area contributed by atoms with E-state index < -0.39 is 0 Å². The first kappa shape index (κ1) is 16.2. The van der Waals surface area contributed by atoms with Crippen molar-refractivity contribution in [2.45, 2.75) is 13.8 Å². The molecule has 6 nitrogen and oxygen atoms in total. The molecule has 24 heavy (non-hydrogen) atoms. The minimum atomic E-state index is 0.414. The SMILES string of the molecule is CCN(CC)c1ccc(/C=N/n2c(-c3ccco3)n[nH]c2=S)cc1. The second-order valence-electron chi connectivity index (χ2n) is 5.15. The van der Waals surface area contributed by atoms with Crippen LogP contribution in [0.1, 0.15) is 19.4 Å². The summed E-state index contributed by atoms with van der Waals surface area (Å²) in [7, 11) is 0. The van der Waals surface area contributed by atoms with Crippen molar-refractivity contribution in [2.75, 3.05) is 18.0 Å². The average Bonchev–Trinajstić information content (AvgIpc) is 3.25. The molecular weight excluding hydrogens is 322 g/mol. The van der Waals surface area contributed by atoms with Crippen LogP contribution < -0.4 is 4.90 Å². The topological polar surface area (TPSA) is 62.4 Å². The van der Waals surface area contributed by atoms with Gasteiger partial charge in [0, 0.05) is 18.8 Å². The number of benzene rings is 1. The summed E-state index contributed by atoms with van der Waals surface area (Å²) in [5.41, 5.74) is 2.19. The van der Waals surface area contributed by atoms with E-state index in [-0.39, 0.29) is 0 Å². The second kappa shape index (κ2) is 7.27. The molecule has 0 atom stereocenters. The van der Waals surface area contributed by atoms with Crippen molar-refractivity contribution in [1.29, 1.82) is 0 Å². The van der Waals surface area contributed by atoms with Crippen LogP contribution in [0.25, 0.3) is 11.6 Å². The molecule has 0 aliphatic carbocycles. The van der Waals surface area contributed by atoms with E-state index >= 15 is 0 Å². The quantitative estimate of drug-likeness (QED) is 0.545. The normalized spacial score (nSPS) is 11.2. The Morgan fingerprint density at radius 2 is 2.00 bits per heavy atom. The van der Waals surface area contributed by atoms with E-state index in [0.29, 0.717) is 16.4 Å². The van der Waals surface area contributed by atoms with Crippen molar-refractivity contribution in [2.24, 2.45) is 5.10 Å². The molecule has 0 amide bonds. The highest BCUT2D eigenvalue weighted by atomic mass is 32.1. The first-order valence-corrected chi connectivity index (χ1v) is 8.24. The van der Waals surface area contributed by atoms with Gasteiger partial charge in [0.05, 0.1) is 12.5 Å². The highest BCUT2D eigenvalue weighted by Gasteiger charge is 2.10. The molecular formula is C17H19N5OS. The Bertz CT molecular complexity index is 857. The summed E-state index contributed by atoms with van der Waals surface area (Å²) in [4.78, 5) is 2.29. The van der Waals surface area contributed by atoms with Gasteiger partial charge in [-0.2, -0.15) is 9.78 Å². The van der Waals surface area contributed by atoms with Crippen molar-refractivity contribution >= 4 is 24.1 Å². The minimum Gasteiger partial charge on any atom is -0.461 e. The van der Waals surface area contributed by atoms with Gasteiger partial charge in [0.2, 0.25) is 10.6 Å². The molecule has 0 saturated carbocycles. The van der Waals surface area contributed by atoms with Crippen LogP contribution in [0.2, 0.25) is 0 Å². The third kappa shape index (κ3) is 3.30. The number of H-pyrrole nitrogens is 1. The Morgan fingerprint density at radius 3 is 2.62 bits per heavy atom. The van der Waals surface area contributed by atoms with Crippen LogP contribution >= 0.6 is 12.2 Å². The fourth-order valence-corrected chi connectivity index (χ4v) is 2.63. The van der Waals surface area contributed by atoms with E-state index in [1.807, 2.05) is 18.2 Å². The molecule has 2 aromatic heterocycles. The fourth-order valence-electron chi connectivity index (χ4n) is 2.45. The van der Waals surface area contributed by atoms with Gasteiger partial charge in [-0.3, -0.25) is 0 Å². The first-order chi connectivity index (χ1) is 11.7. The summed E-state index contributed by atoms with van der Waals surface area (Å²) < 4.78 is 7.33. The van der Waals surface area contributed by atoms with Gasteiger partial charge in [0.25, 0.3) is 0 Å². The number of hydrogen-bond donors (Lipinski definition) is 1. The molecule has 0 aliphatic rings. The zero-order chi connectivity index (χ0) is 16.9. The molecule has 0 aliphatic heterocycles. The number of anilines is 1. The Morgan fingerprint density at radius 1 is 1.25 bits per heavy atom. The molecule has 3 rings (SSSR count). The summed E-state index contributed by atoms with van der Waals surface area (Å²) in [6.07, 6.45) is 3.34. The standard InChI is InChI=1S/C17H19N5OS/c1-3-21(4-2)14-9-7-13(8-10-14)12-18-22-16(19-20-17(22)24)15-6-5-11-23-15/h5-12H,3-4H2,1-2H3,(H,20,24)/b18-12+. The monoisotopic (exact) mass is 341 g/mol. The summed E-state index contributed by atoms with van der Waals surface area (Å²) in [5, 5.41) is 11.3. The zero-order valence-corrected chi connectivity index (χ0v) is 14.5. The third-order valence-corrected chi connectivity index (χ3v) is 4.00. The molecule has 0 saturated heterocycles. The Hall–Kier alpha value is -2.67. The van der Waals surface area contributed by atoms with E-state index in [2.05, 4.69) is 46.2 Å². The lowest BCUT2D eigenvalue weighted by atomic mass is 10.2. The number of aromatic amines is 1. The van der Waals surface area contributed by atoms with Gasteiger partial charge in [0.15, 0.2) is 5.76 Å². The minimum absolute atomic E-state index is 0.414. The van der Waals surface area contributed by atoms with Gasteiger partial charge in [-0.1, -0.05) is 12.1 Å². The molecule has 2 heterocycles. The van der Waals surface area contributed by atoms with Gasteiger partial charge in [-0.15, -0.1) is 5.10 Å². The van der Waals surface area contributed by atoms with Crippen LogP contribution in [0.15, 0.2) is 52.2 Å². The van der Waals surface area contributed by atoms with Crippen LogP contribution in [0.4, 0.5) is 5.69 Å². The van der Waals surface area contributed by atoms with Crippen molar-refractivity contribution < 1.29 is 4.42 Å². The largest absolute Gasteiger partial charge is 0.461 e. The molecule has 0 radical (unpaired) electrons. The van der Waals surface area contributed by atoms with Crippen LogP contribution in [-0.2, 0) is 0 Å². The number of hydrogen-bond acceptors (Lipinski definition) is 5. The van der Waals surface area contributed by atoms with Gasteiger partial charge >= 0.3 is 0 Å². The number of nitrogens with one attached hydrogen (secondary N) is 1. The lowest BCUT2D eigenvalue weighted by Gasteiger charge is -2.20. The molecule has 0 spiro atoms. The summed E-state index contributed by atoms with van der Waals surface area (Å²) in [6.45, 7) is 6.27. The van der Waals surface area contributed by atoms with Crippen molar-refractivity contribution in [3.8, 4) is 11.6 Å². The van der Waals surface area contributed by atoms with Crippen LogP contribution in [0, 0.1) is 4.77 Å². The van der Waals surface area contributed by atoms with Gasteiger partial charge in [-0.25, -0.2) is 5.10 Å². The molecule has 1 aromatic carbocycles. The Balaban J connectivity index is 1.84. The van der Waals surface area contributed by atoms with E-state index in [4.69, 9.17) is 16.6 Å². The van der Waals surface area contributed by atoms with E-state index in [1.165, 1.54) is 5.69 Å². The highest BCUT2D eigenvalue weighted by molar-refractivity contribution is 7.71. The maximum Gasteiger partial charge on any atom is 0.219 e. The highest BCUT2D eigenvalue weighted by Crippen LogP contribution is 2.18. The molecule has 0 fully saturated rings. The van der Waals surface area contributed by atoms with Crippen molar-refractivity contribution in [1.82, 2.24) is 14.9 Å². The van der Waals surface area contributed by atoms with Crippen LogP contribution in [-0.4, -0.2) is 34.2 Å². The smallest absolute Gasteiger partial charge is 0.219 e. The molecule has 0 unspecified atom stereocenters. The molecule has 1 N–H and O–H groups in total. The average molecular weight is 341 g/mol. The summed E-state index contributed by atoms with van der Waals surface area (Å²) >= 11 is 5.23. The van der Waals surface area contributed by atoms with E-state index in [0.717, 1.165) is 18.7 Å². The molecule has 0 bridgehead atoms. The van der Waals surface area contributed by atoms with Gasteiger partial charge in [0.1, 0.15) is 0 Å². The summed E-state index contributed by atoms with van der Waals surface area (Å²) in [5.74, 6) is 1.15. The van der Waals surface area contributed by atoms with Crippen molar-refractivity contribution in [3.63, 3.8) is 0 Å². The second-order valence-corrected chi connectivity index (χ2v) is 5.54. The number of rotatable bonds is 6. The Labute approximate surface area is 145 Å². The lowest BCUT2D eigenvalue weighted by Crippen LogP contribution is -2.21. The predicted octanol–water partition coefficient (Wildman–Crippen LogP) is 3.93. The number of furan rings is 1. The maximum absolute atomic E-state index is 5.36. The maximum atomic E-state index is 5.36. The predicted molar refractivity (Wildman–Crippen MR) is 98.1 cm³/mol. The van der Waals surface area contributed by atoms with Gasteiger partial charge in [-0.05, 0) is 55.9 Å². The number of nitrogens with zero attached hydrogens (tertiary/aromatic N) is 4. The number of aromatic nitrogens is 3. The molecule has 7 heteroatoms. The fraction of sp³-hybridized carbons (Fsp3) is 0.235. The molecule has 3 aromatic rings. The van der Waals surface area contributed by atoms with Crippen LogP contribution in [0.5, 0.6) is 0 Å². The molecule has 124 valence electrons. The Kier molecular flexibility index (Phi) is 4.90. The van der Waals surface area contributed by atoms with Crippen molar-refractivity contribution in [3.05, 3.63) is 53.0 Å². The third-order valence-electron chi connectivity index (χ3n) is 3.74. The van der Waals surface area contributed by atoms with Crippen LogP contribution in [0.3, 0.4) is 0 Å². The van der Waals surface area contributed by atoms with Gasteiger partial charge < -0.3 is 9.32 Å².